The van der Waals surface area contributed by atoms with E-state index in [1.807, 2.05) is 0 Å². The number of imide groups is 1. The SMILES string of the molecule is Cn1cccc1C(=O)CN1C(=O)CCCCC1=O. The second-order valence-electron chi connectivity index (χ2n) is 4.51. The number of amides is 2. The third kappa shape index (κ3) is 2.50. The summed E-state index contributed by atoms with van der Waals surface area (Å²) in [5.74, 6) is -0.675. The monoisotopic (exact) mass is 248 g/mol. The van der Waals surface area contributed by atoms with Crippen LogP contribution in [0.4, 0.5) is 0 Å². The van der Waals surface area contributed by atoms with Gasteiger partial charge in [-0.15, -0.1) is 0 Å². The van der Waals surface area contributed by atoms with Gasteiger partial charge in [-0.05, 0) is 25.0 Å². The molecule has 0 atom stereocenters. The molecule has 1 aromatic heterocycles. The molecule has 96 valence electrons. The standard InChI is InChI=1S/C13H16N2O3/c1-14-8-4-5-10(14)11(16)9-15-12(17)6-2-3-7-13(15)18/h4-5,8H,2-3,6-7,9H2,1H3. The Hall–Kier alpha value is -1.91. The molecule has 0 aliphatic carbocycles. The lowest BCUT2D eigenvalue weighted by Gasteiger charge is -2.17. The molecule has 0 radical (unpaired) electrons. The van der Waals surface area contributed by atoms with Crippen molar-refractivity contribution in [2.24, 2.45) is 7.05 Å². The van der Waals surface area contributed by atoms with E-state index < -0.39 is 0 Å². The number of likely N-dealkylation sites (tertiary alicyclic amines) is 1. The molecule has 0 N–H and O–H groups in total. The number of carbonyl (C=O) groups excluding carboxylic acids is 3. The third-order valence-corrected chi connectivity index (χ3v) is 3.16. The molecule has 5 nitrogen and oxygen atoms in total. The van der Waals surface area contributed by atoms with Crippen molar-refractivity contribution in [3.8, 4) is 0 Å². The van der Waals surface area contributed by atoms with Gasteiger partial charge in [-0.2, -0.15) is 0 Å². The number of aromatic nitrogens is 1. The molecule has 0 saturated carbocycles. The summed E-state index contributed by atoms with van der Waals surface area (Å²) in [5, 5.41) is 0. The maximum absolute atomic E-state index is 12.0. The van der Waals surface area contributed by atoms with Crippen molar-refractivity contribution in [1.29, 1.82) is 0 Å². The van der Waals surface area contributed by atoms with Crippen molar-refractivity contribution < 1.29 is 14.4 Å². The van der Waals surface area contributed by atoms with E-state index in [0.717, 1.165) is 17.7 Å². The average molecular weight is 248 g/mol. The minimum Gasteiger partial charge on any atom is -0.348 e. The highest BCUT2D eigenvalue weighted by atomic mass is 16.2. The summed E-state index contributed by atoms with van der Waals surface area (Å²) in [5.41, 5.74) is 0.514. The number of hydrogen-bond acceptors (Lipinski definition) is 3. The van der Waals surface area contributed by atoms with Gasteiger partial charge in [-0.25, -0.2) is 0 Å². The van der Waals surface area contributed by atoms with E-state index in [1.54, 1.807) is 29.9 Å². The Kier molecular flexibility index (Phi) is 3.60. The van der Waals surface area contributed by atoms with Crippen LogP contribution in [-0.4, -0.2) is 33.6 Å². The number of hydrogen-bond donors (Lipinski definition) is 0. The van der Waals surface area contributed by atoms with Gasteiger partial charge in [0.2, 0.25) is 11.8 Å². The van der Waals surface area contributed by atoms with Crippen LogP contribution >= 0.6 is 0 Å². The van der Waals surface area contributed by atoms with Gasteiger partial charge < -0.3 is 4.57 Å². The van der Waals surface area contributed by atoms with Gasteiger partial charge in [-0.1, -0.05) is 0 Å². The molecule has 1 aromatic rings. The van der Waals surface area contributed by atoms with Gasteiger partial charge in [0, 0.05) is 26.1 Å². The van der Waals surface area contributed by atoms with E-state index in [1.165, 1.54) is 0 Å². The second-order valence-corrected chi connectivity index (χ2v) is 4.51. The summed E-state index contributed by atoms with van der Waals surface area (Å²) in [6, 6.07) is 3.45. The van der Waals surface area contributed by atoms with Crippen molar-refractivity contribution in [3.05, 3.63) is 24.0 Å². The van der Waals surface area contributed by atoms with Crippen LogP contribution in [0, 0.1) is 0 Å². The molecule has 1 aliphatic heterocycles. The van der Waals surface area contributed by atoms with Crippen LogP contribution in [0.2, 0.25) is 0 Å². The molecule has 1 saturated heterocycles. The molecule has 0 bridgehead atoms. The molecule has 2 rings (SSSR count). The maximum Gasteiger partial charge on any atom is 0.229 e. The van der Waals surface area contributed by atoms with Crippen molar-refractivity contribution in [2.75, 3.05) is 6.54 Å². The molecule has 1 fully saturated rings. The van der Waals surface area contributed by atoms with E-state index in [2.05, 4.69) is 0 Å². The predicted octanol–water partition coefficient (Wildman–Crippen LogP) is 1.14. The average Bonchev–Trinajstić information content (AvgIpc) is 2.70. The zero-order valence-corrected chi connectivity index (χ0v) is 10.4. The lowest BCUT2D eigenvalue weighted by atomic mass is 10.2. The van der Waals surface area contributed by atoms with Crippen LogP contribution in [0.3, 0.4) is 0 Å². The minimum atomic E-state index is -0.236. The van der Waals surface area contributed by atoms with E-state index in [9.17, 15) is 14.4 Å². The van der Waals surface area contributed by atoms with Crippen LogP contribution in [0.1, 0.15) is 36.2 Å². The summed E-state index contributed by atoms with van der Waals surface area (Å²) in [6.45, 7) is -0.143. The van der Waals surface area contributed by atoms with E-state index in [4.69, 9.17) is 0 Å². The molecular weight excluding hydrogens is 232 g/mol. The van der Waals surface area contributed by atoms with Crippen molar-refractivity contribution >= 4 is 17.6 Å². The number of rotatable bonds is 3. The number of Topliss-reactive ketones (excluding diaryl/α,β-unsaturated/α-hetero) is 1. The lowest BCUT2D eigenvalue weighted by Crippen LogP contribution is -2.39. The number of nitrogens with zero attached hydrogens (tertiary/aromatic N) is 2. The Morgan fingerprint density at radius 1 is 1.22 bits per heavy atom. The highest BCUT2D eigenvalue weighted by molar-refractivity contribution is 6.04. The molecule has 5 heteroatoms. The zero-order valence-electron chi connectivity index (χ0n) is 10.4. The lowest BCUT2D eigenvalue weighted by molar-refractivity contribution is -0.143. The topological polar surface area (TPSA) is 59.4 Å². The molecular formula is C13H16N2O3. The van der Waals surface area contributed by atoms with Crippen LogP contribution in [0.5, 0.6) is 0 Å². The fraction of sp³-hybridized carbons (Fsp3) is 0.462. The highest BCUT2D eigenvalue weighted by Gasteiger charge is 2.26. The molecule has 2 amide bonds. The van der Waals surface area contributed by atoms with E-state index in [0.29, 0.717) is 18.5 Å². The fourth-order valence-corrected chi connectivity index (χ4v) is 2.11. The number of carbonyl (C=O) groups is 3. The first-order chi connectivity index (χ1) is 8.59. The molecule has 18 heavy (non-hydrogen) atoms. The van der Waals surface area contributed by atoms with Crippen molar-refractivity contribution in [3.63, 3.8) is 0 Å². The van der Waals surface area contributed by atoms with Gasteiger partial charge >= 0.3 is 0 Å². The van der Waals surface area contributed by atoms with Crippen LogP contribution in [0.15, 0.2) is 18.3 Å². The van der Waals surface area contributed by atoms with E-state index in [-0.39, 0.29) is 24.1 Å². The molecule has 2 heterocycles. The summed E-state index contributed by atoms with van der Waals surface area (Å²) >= 11 is 0. The molecule has 0 spiro atoms. The molecule has 0 unspecified atom stereocenters. The van der Waals surface area contributed by atoms with Crippen molar-refractivity contribution in [2.45, 2.75) is 25.7 Å². The Morgan fingerprint density at radius 3 is 2.33 bits per heavy atom. The maximum atomic E-state index is 12.0. The fourth-order valence-electron chi connectivity index (χ4n) is 2.11. The summed E-state index contributed by atoms with van der Waals surface area (Å²) < 4.78 is 1.69. The van der Waals surface area contributed by atoms with Gasteiger partial charge in [0.25, 0.3) is 0 Å². The van der Waals surface area contributed by atoms with E-state index >= 15 is 0 Å². The molecule has 0 aromatic carbocycles. The first-order valence-electron chi connectivity index (χ1n) is 6.07. The molecule has 1 aliphatic rings. The first-order valence-corrected chi connectivity index (χ1v) is 6.07. The summed E-state index contributed by atoms with van der Waals surface area (Å²) in [6.07, 6.45) is 3.91. The normalized spacial score (nSPS) is 16.8. The smallest absolute Gasteiger partial charge is 0.229 e. The van der Waals surface area contributed by atoms with Crippen LogP contribution < -0.4 is 0 Å². The van der Waals surface area contributed by atoms with Gasteiger partial charge in [0.15, 0.2) is 5.78 Å². The van der Waals surface area contributed by atoms with Gasteiger partial charge in [0.1, 0.15) is 0 Å². The number of ketones is 1. The predicted molar refractivity (Wildman–Crippen MR) is 64.9 cm³/mol. The highest BCUT2D eigenvalue weighted by Crippen LogP contribution is 2.13. The first kappa shape index (κ1) is 12.5. The minimum absolute atomic E-state index is 0.143. The Morgan fingerprint density at radius 2 is 1.83 bits per heavy atom. The Bertz CT molecular complexity index is 472. The summed E-state index contributed by atoms with van der Waals surface area (Å²) in [7, 11) is 1.76. The van der Waals surface area contributed by atoms with Gasteiger partial charge in [-0.3, -0.25) is 19.3 Å². The Labute approximate surface area is 105 Å². The number of aryl methyl sites for hydroxylation is 1. The third-order valence-electron chi connectivity index (χ3n) is 3.16. The largest absolute Gasteiger partial charge is 0.348 e. The van der Waals surface area contributed by atoms with Crippen molar-refractivity contribution in [1.82, 2.24) is 9.47 Å². The summed E-state index contributed by atoms with van der Waals surface area (Å²) in [4.78, 5) is 36.7. The van der Waals surface area contributed by atoms with Crippen LogP contribution in [-0.2, 0) is 16.6 Å². The van der Waals surface area contributed by atoms with Gasteiger partial charge in [0.05, 0.1) is 12.2 Å². The Balaban J connectivity index is 2.12. The second kappa shape index (κ2) is 5.16. The van der Waals surface area contributed by atoms with Crippen LogP contribution in [0.25, 0.3) is 0 Å². The zero-order chi connectivity index (χ0) is 13.1. The quantitative estimate of drug-likeness (QED) is 0.595.